The van der Waals surface area contributed by atoms with E-state index in [0.717, 1.165) is 11.1 Å². The van der Waals surface area contributed by atoms with Crippen molar-refractivity contribution >= 4 is 17.5 Å². The Morgan fingerprint density at radius 1 is 1.18 bits per heavy atom. The van der Waals surface area contributed by atoms with Crippen LogP contribution in [0.1, 0.15) is 21.5 Å². The number of carbonyl (C=O) groups excluding carboxylic acids is 2. The first-order valence-corrected chi connectivity index (χ1v) is 7.14. The van der Waals surface area contributed by atoms with Gasteiger partial charge in [-0.1, -0.05) is 36.4 Å². The van der Waals surface area contributed by atoms with Crippen LogP contribution in [0.25, 0.3) is 0 Å². The van der Waals surface area contributed by atoms with Crippen LogP contribution in [-0.2, 0) is 17.8 Å². The number of hydrogen-bond acceptors (Lipinski definition) is 3. The minimum atomic E-state index is -0.505. The summed E-state index contributed by atoms with van der Waals surface area (Å²) in [6, 6.07) is 14.7. The molecule has 2 aromatic carbocycles. The lowest BCUT2D eigenvalue weighted by atomic mass is 10.1. The van der Waals surface area contributed by atoms with Crippen LogP contribution in [0.15, 0.2) is 48.5 Å². The van der Waals surface area contributed by atoms with E-state index in [9.17, 15) is 9.59 Å². The molecule has 1 aliphatic rings. The Balaban J connectivity index is 1.80. The molecule has 1 unspecified atom stereocenters. The zero-order valence-corrected chi connectivity index (χ0v) is 12.0. The summed E-state index contributed by atoms with van der Waals surface area (Å²) in [4.78, 5) is 23.6. The number of carbonyl (C=O) groups is 2. The van der Waals surface area contributed by atoms with E-state index >= 15 is 0 Å². The number of amides is 2. The molecule has 22 heavy (non-hydrogen) atoms. The third-order valence-corrected chi connectivity index (χ3v) is 3.79. The summed E-state index contributed by atoms with van der Waals surface area (Å²) in [7, 11) is 0. The van der Waals surface area contributed by atoms with Gasteiger partial charge in [0.2, 0.25) is 11.8 Å². The number of nitrogens with two attached hydrogens (primary N) is 1. The number of hydrogen-bond donors (Lipinski definition) is 3. The minimum Gasteiger partial charge on any atom is -0.366 e. The van der Waals surface area contributed by atoms with Crippen LogP contribution in [0, 0.1) is 0 Å². The Labute approximate surface area is 128 Å². The molecular formula is C17H17N3O2. The van der Waals surface area contributed by atoms with Gasteiger partial charge < -0.3 is 16.4 Å². The predicted octanol–water partition coefficient (Wildman–Crippen LogP) is 1.44. The summed E-state index contributed by atoms with van der Waals surface area (Å²) in [6.45, 7) is 0.560. The fourth-order valence-electron chi connectivity index (χ4n) is 2.56. The highest BCUT2D eigenvalue weighted by Crippen LogP contribution is 2.21. The third-order valence-electron chi connectivity index (χ3n) is 3.79. The molecule has 4 N–H and O–H groups in total. The van der Waals surface area contributed by atoms with Crippen LogP contribution in [-0.4, -0.2) is 17.9 Å². The van der Waals surface area contributed by atoms with Gasteiger partial charge in [-0.2, -0.15) is 0 Å². The van der Waals surface area contributed by atoms with Crippen molar-refractivity contribution in [2.45, 2.75) is 19.0 Å². The molecule has 1 atom stereocenters. The molecule has 0 aliphatic carbocycles. The van der Waals surface area contributed by atoms with E-state index in [1.165, 1.54) is 0 Å². The SMILES string of the molecule is NC(=O)c1ccc2c(c1)NC(=O)C(Cc1ccccc1)NC2. The maximum absolute atomic E-state index is 12.4. The molecule has 2 aromatic rings. The normalized spacial score (nSPS) is 17.3. The lowest BCUT2D eigenvalue weighted by molar-refractivity contribution is -0.118. The molecule has 112 valence electrons. The van der Waals surface area contributed by atoms with Crippen LogP contribution in [0.2, 0.25) is 0 Å². The second kappa shape index (κ2) is 5.99. The largest absolute Gasteiger partial charge is 0.366 e. The molecule has 1 aliphatic heterocycles. The predicted molar refractivity (Wildman–Crippen MR) is 84.4 cm³/mol. The second-order valence-electron chi connectivity index (χ2n) is 5.35. The Hall–Kier alpha value is -2.66. The zero-order valence-electron chi connectivity index (χ0n) is 12.0. The fraction of sp³-hybridized carbons (Fsp3) is 0.176. The molecule has 0 radical (unpaired) electrons. The van der Waals surface area contributed by atoms with Crippen LogP contribution >= 0.6 is 0 Å². The van der Waals surface area contributed by atoms with Crippen molar-refractivity contribution in [2.75, 3.05) is 5.32 Å². The van der Waals surface area contributed by atoms with E-state index in [1.807, 2.05) is 36.4 Å². The van der Waals surface area contributed by atoms with E-state index in [-0.39, 0.29) is 11.9 Å². The number of rotatable bonds is 3. The van der Waals surface area contributed by atoms with Gasteiger partial charge in [-0.25, -0.2) is 0 Å². The number of benzene rings is 2. The first-order chi connectivity index (χ1) is 10.6. The molecule has 2 amide bonds. The molecule has 3 rings (SSSR count). The summed E-state index contributed by atoms with van der Waals surface area (Å²) in [5.41, 5.74) is 8.35. The van der Waals surface area contributed by atoms with Gasteiger partial charge in [0.05, 0.1) is 6.04 Å². The molecule has 0 fully saturated rings. The molecule has 0 spiro atoms. The van der Waals surface area contributed by atoms with Gasteiger partial charge in [0, 0.05) is 17.8 Å². The van der Waals surface area contributed by atoms with Crippen molar-refractivity contribution in [1.29, 1.82) is 0 Å². The number of fused-ring (bicyclic) bond motifs is 1. The maximum Gasteiger partial charge on any atom is 0.248 e. The number of primary amides is 1. The molecule has 5 nitrogen and oxygen atoms in total. The highest BCUT2D eigenvalue weighted by Gasteiger charge is 2.23. The van der Waals surface area contributed by atoms with E-state index in [0.29, 0.717) is 24.2 Å². The van der Waals surface area contributed by atoms with E-state index < -0.39 is 5.91 Å². The Bertz CT molecular complexity index is 713. The summed E-state index contributed by atoms with van der Waals surface area (Å²) >= 11 is 0. The highest BCUT2D eigenvalue weighted by atomic mass is 16.2. The van der Waals surface area contributed by atoms with E-state index in [1.54, 1.807) is 12.1 Å². The second-order valence-corrected chi connectivity index (χ2v) is 5.35. The van der Waals surface area contributed by atoms with E-state index in [4.69, 9.17) is 5.73 Å². The standard InChI is InChI=1S/C17H17N3O2/c18-16(21)12-6-7-13-10-19-15(17(22)20-14(13)9-12)8-11-4-2-1-3-5-11/h1-7,9,15,19H,8,10H2,(H2,18,21)(H,20,22). The first kappa shape index (κ1) is 14.3. The molecule has 0 bridgehead atoms. The minimum absolute atomic E-state index is 0.107. The fourth-order valence-corrected chi connectivity index (χ4v) is 2.56. The number of nitrogens with one attached hydrogen (secondary N) is 2. The van der Waals surface area contributed by atoms with E-state index in [2.05, 4.69) is 10.6 Å². The zero-order chi connectivity index (χ0) is 15.5. The van der Waals surface area contributed by atoms with Gasteiger partial charge in [-0.15, -0.1) is 0 Å². The van der Waals surface area contributed by atoms with Crippen molar-refractivity contribution in [3.05, 3.63) is 65.2 Å². The monoisotopic (exact) mass is 295 g/mol. The summed E-state index contributed by atoms with van der Waals surface area (Å²) in [6.07, 6.45) is 0.614. The van der Waals surface area contributed by atoms with Crippen LogP contribution in [0.4, 0.5) is 5.69 Å². The van der Waals surface area contributed by atoms with Crippen molar-refractivity contribution in [3.8, 4) is 0 Å². The lowest BCUT2D eigenvalue weighted by Gasteiger charge is -2.14. The molecule has 5 heteroatoms. The van der Waals surface area contributed by atoms with Gasteiger partial charge in [-0.3, -0.25) is 9.59 Å². The highest BCUT2D eigenvalue weighted by molar-refractivity contribution is 5.99. The maximum atomic E-state index is 12.4. The van der Waals surface area contributed by atoms with Gasteiger partial charge in [0.15, 0.2) is 0 Å². The smallest absolute Gasteiger partial charge is 0.248 e. The van der Waals surface area contributed by atoms with Gasteiger partial charge in [-0.05, 0) is 29.7 Å². The van der Waals surface area contributed by atoms with Gasteiger partial charge in [0.25, 0.3) is 0 Å². The average molecular weight is 295 g/mol. The lowest BCUT2D eigenvalue weighted by Crippen LogP contribution is -2.39. The van der Waals surface area contributed by atoms with Crippen LogP contribution in [0.5, 0.6) is 0 Å². The van der Waals surface area contributed by atoms with Crippen molar-refractivity contribution in [3.63, 3.8) is 0 Å². The third kappa shape index (κ3) is 2.99. The van der Waals surface area contributed by atoms with Gasteiger partial charge in [0.1, 0.15) is 0 Å². The molecule has 0 saturated carbocycles. The van der Waals surface area contributed by atoms with Crippen molar-refractivity contribution in [2.24, 2.45) is 5.73 Å². The summed E-state index contributed by atoms with van der Waals surface area (Å²) in [5.74, 6) is -0.612. The first-order valence-electron chi connectivity index (χ1n) is 7.14. The van der Waals surface area contributed by atoms with Gasteiger partial charge >= 0.3 is 0 Å². The molecule has 0 saturated heterocycles. The number of anilines is 1. The summed E-state index contributed by atoms with van der Waals surface area (Å²) in [5, 5.41) is 6.14. The van der Waals surface area contributed by atoms with Crippen molar-refractivity contribution < 1.29 is 9.59 Å². The quantitative estimate of drug-likeness (QED) is 0.801. The Morgan fingerprint density at radius 2 is 1.95 bits per heavy atom. The topological polar surface area (TPSA) is 84.2 Å². The summed E-state index contributed by atoms with van der Waals surface area (Å²) < 4.78 is 0. The van der Waals surface area contributed by atoms with Crippen molar-refractivity contribution in [1.82, 2.24) is 5.32 Å². The molecule has 1 heterocycles. The molecule has 0 aromatic heterocycles. The Kier molecular flexibility index (Phi) is 3.89. The van der Waals surface area contributed by atoms with Crippen LogP contribution < -0.4 is 16.4 Å². The average Bonchev–Trinajstić information content (AvgIpc) is 2.67. The van der Waals surface area contributed by atoms with Crippen LogP contribution in [0.3, 0.4) is 0 Å². The molecular weight excluding hydrogens is 278 g/mol. The Morgan fingerprint density at radius 3 is 2.68 bits per heavy atom.